The van der Waals surface area contributed by atoms with Crippen molar-refractivity contribution in [3.63, 3.8) is 0 Å². The number of hydrogen-bond acceptors (Lipinski definition) is 2. The van der Waals surface area contributed by atoms with Crippen molar-refractivity contribution in [3.8, 4) is 0 Å². The minimum absolute atomic E-state index is 0.614. The molecule has 0 rings (SSSR count). The van der Waals surface area contributed by atoms with E-state index in [9.17, 15) is 18.0 Å². The Labute approximate surface area is 83.8 Å². The molecule has 0 aliphatic heterocycles. The molecule has 2 N–H and O–H groups in total. The SMILES string of the molecule is C=C/C=C(\C=C)C(O)(C(=O)O)C(F)(F)F. The third-order valence-electron chi connectivity index (χ3n) is 1.65. The van der Waals surface area contributed by atoms with Crippen molar-refractivity contribution < 1.29 is 28.2 Å². The minimum Gasteiger partial charge on any atom is -0.479 e. The lowest BCUT2D eigenvalue weighted by Crippen LogP contribution is -2.53. The van der Waals surface area contributed by atoms with Crippen LogP contribution < -0.4 is 0 Å². The van der Waals surface area contributed by atoms with Gasteiger partial charge in [0.1, 0.15) is 0 Å². The van der Waals surface area contributed by atoms with E-state index in [1.807, 2.05) is 0 Å². The summed E-state index contributed by atoms with van der Waals surface area (Å²) >= 11 is 0. The van der Waals surface area contributed by atoms with Gasteiger partial charge in [0.2, 0.25) is 0 Å². The van der Waals surface area contributed by atoms with E-state index in [4.69, 9.17) is 10.2 Å². The van der Waals surface area contributed by atoms with Crippen LogP contribution in [0.5, 0.6) is 0 Å². The topological polar surface area (TPSA) is 57.5 Å². The van der Waals surface area contributed by atoms with E-state index in [1.54, 1.807) is 0 Å². The predicted molar refractivity (Wildman–Crippen MR) is 47.1 cm³/mol. The molecule has 0 spiro atoms. The first-order valence-corrected chi connectivity index (χ1v) is 3.70. The first kappa shape index (κ1) is 13.4. The summed E-state index contributed by atoms with van der Waals surface area (Å²) in [6.45, 7) is 6.11. The van der Waals surface area contributed by atoms with Crippen LogP contribution in [0.2, 0.25) is 0 Å². The second-order valence-corrected chi connectivity index (χ2v) is 2.58. The quantitative estimate of drug-likeness (QED) is 0.711. The standard InChI is InChI=1S/C9H9F3O3/c1-3-5-6(4-2)8(15,7(13)14)9(10,11)12/h3-5,15H,1-2H2,(H,13,14)/b6-5+. The van der Waals surface area contributed by atoms with Crippen LogP contribution in [0.25, 0.3) is 0 Å². The molecule has 3 nitrogen and oxygen atoms in total. The molecule has 0 bridgehead atoms. The van der Waals surface area contributed by atoms with Crippen LogP contribution in [0.4, 0.5) is 13.2 Å². The Balaban J connectivity index is 5.69. The number of alkyl halides is 3. The fraction of sp³-hybridized carbons (Fsp3) is 0.222. The number of aliphatic hydroxyl groups is 1. The summed E-state index contributed by atoms with van der Waals surface area (Å²) in [6, 6.07) is 0. The highest BCUT2D eigenvalue weighted by molar-refractivity contribution is 5.83. The van der Waals surface area contributed by atoms with Crippen molar-refractivity contribution in [2.75, 3.05) is 0 Å². The molecule has 0 aromatic heterocycles. The molecule has 15 heavy (non-hydrogen) atoms. The van der Waals surface area contributed by atoms with Crippen molar-refractivity contribution in [2.24, 2.45) is 0 Å². The second-order valence-electron chi connectivity index (χ2n) is 2.58. The smallest absolute Gasteiger partial charge is 0.432 e. The molecule has 0 saturated heterocycles. The fourth-order valence-electron chi connectivity index (χ4n) is 0.872. The van der Waals surface area contributed by atoms with Crippen LogP contribution >= 0.6 is 0 Å². The summed E-state index contributed by atoms with van der Waals surface area (Å²) < 4.78 is 37.1. The highest BCUT2D eigenvalue weighted by Gasteiger charge is 2.61. The van der Waals surface area contributed by atoms with Gasteiger partial charge in [-0.25, -0.2) is 4.79 Å². The molecule has 0 radical (unpaired) electrons. The molecule has 1 unspecified atom stereocenters. The van der Waals surface area contributed by atoms with Crippen LogP contribution in [0, 0.1) is 0 Å². The van der Waals surface area contributed by atoms with E-state index >= 15 is 0 Å². The molecule has 0 heterocycles. The van der Waals surface area contributed by atoms with Crippen molar-refractivity contribution in [1.29, 1.82) is 0 Å². The Kier molecular flexibility index (Phi) is 3.86. The molecule has 0 fully saturated rings. The van der Waals surface area contributed by atoms with E-state index in [0.29, 0.717) is 6.08 Å². The van der Waals surface area contributed by atoms with E-state index in [2.05, 4.69) is 13.2 Å². The van der Waals surface area contributed by atoms with Gasteiger partial charge in [-0.15, -0.1) is 0 Å². The summed E-state index contributed by atoms with van der Waals surface area (Å²) in [5, 5.41) is 17.5. The zero-order chi connectivity index (χ0) is 12.3. The van der Waals surface area contributed by atoms with E-state index in [-0.39, 0.29) is 0 Å². The molecule has 0 saturated carbocycles. The van der Waals surface area contributed by atoms with Gasteiger partial charge in [-0.2, -0.15) is 13.2 Å². The van der Waals surface area contributed by atoms with Crippen LogP contribution in [0.3, 0.4) is 0 Å². The van der Waals surface area contributed by atoms with Gasteiger partial charge < -0.3 is 10.2 Å². The maximum atomic E-state index is 12.4. The van der Waals surface area contributed by atoms with Crippen LogP contribution in [0.15, 0.2) is 37.0 Å². The third kappa shape index (κ3) is 2.27. The number of carboxylic acids is 1. The van der Waals surface area contributed by atoms with Crippen LogP contribution in [-0.2, 0) is 4.79 Å². The summed E-state index contributed by atoms with van der Waals surface area (Å²) in [5.41, 5.74) is -4.85. The molecule has 0 amide bonds. The third-order valence-corrected chi connectivity index (χ3v) is 1.65. The molecule has 1 atom stereocenters. The fourth-order valence-corrected chi connectivity index (χ4v) is 0.872. The van der Waals surface area contributed by atoms with E-state index in [1.165, 1.54) is 0 Å². The largest absolute Gasteiger partial charge is 0.479 e. The average molecular weight is 222 g/mol. The predicted octanol–water partition coefficient (Wildman–Crippen LogP) is 1.66. The Bertz CT molecular complexity index is 317. The normalized spacial score (nSPS) is 16.7. The maximum absolute atomic E-state index is 12.4. The molecular formula is C9H9F3O3. The van der Waals surface area contributed by atoms with Gasteiger partial charge in [0.15, 0.2) is 0 Å². The highest BCUT2D eigenvalue weighted by atomic mass is 19.4. The van der Waals surface area contributed by atoms with Gasteiger partial charge in [0.25, 0.3) is 5.60 Å². The van der Waals surface area contributed by atoms with Gasteiger partial charge in [0, 0.05) is 5.57 Å². The van der Waals surface area contributed by atoms with Gasteiger partial charge in [-0.05, 0) is 0 Å². The molecular weight excluding hydrogens is 213 g/mol. The van der Waals surface area contributed by atoms with E-state index < -0.39 is 23.3 Å². The first-order chi connectivity index (χ1) is 6.71. The Morgan fingerprint density at radius 2 is 1.73 bits per heavy atom. The molecule has 0 aliphatic carbocycles. The van der Waals surface area contributed by atoms with Gasteiger partial charge in [0.05, 0.1) is 0 Å². The first-order valence-electron chi connectivity index (χ1n) is 3.70. The zero-order valence-electron chi connectivity index (χ0n) is 7.58. The lowest BCUT2D eigenvalue weighted by Gasteiger charge is -2.26. The minimum atomic E-state index is -5.33. The molecule has 0 aromatic carbocycles. The molecule has 0 aliphatic rings. The summed E-state index contributed by atoms with van der Waals surface area (Å²) in [5.74, 6) is -2.41. The Morgan fingerprint density at radius 3 is 1.93 bits per heavy atom. The van der Waals surface area contributed by atoms with Gasteiger partial charge in [-0.3, -0.25) is 0 Å². The Hall–Kier alpha value is -1.56. The number of carboxylic acid groups (broad SMARTS) is 1. The van der Waals surface area contributed by atoms with Gasteiger partial charge >= 0.3 is 12.1 Å². The monoisotopic (exact) mass is 222 g/mol. The highest BCUT2D eigenvalue weighted by Crippen LogP contribution is 2.36. The summed E-state index contributed by atoms with van der Waals surface area (Å²) in [4.78, 5) is 10.5. The second kappa shape index (κ2) is 4.31. The number of halogens is 3. The summed E-state index contributed by atoms with van der Waals surface area (Å²) in [7, 11) is 0. The number of hydrogen-bond donors (Lipinski definition) is 2. The molecule has 6 heteroatoms. The van der Waals surface area contributed by atoms with Crippen LogP contribution in [-0.4, -0.2) is 28.0 Å². The number of aliphatic carboxylic acids is 1. The van der Waals surface area contributed by atoms with E-state index in [0.717, 1.165) is 12.2 Å². The Morgan fingerprint density at radius 1 is 1.27 bits per heavy atom. The molecule has 84 valence electrons. The zero-order valence-corrected chi connectivity index (χ0v) is 7.58. The number of rotatable bonds is 4. The lowest BCUT2D eigenvalue weighted by atomic mass is 9.92. The average Bonchev–Trinajstić information content (AvgIpc) is 2.10. The molecule has 0 aromatic rings. The summed E-state index contributed by atoms with van der Waals surface area (Å²) in [6.07, 6.45) is -3.06. The van der Waals surface area contributed by atoms with Crippen molar-refractivity contribution in [1.82, 2.24) is 0 Å². The van der Waals surface area contributed by atoms with Crippen molar-refractivity contribution >= 4 is 5.97 Å². The van der Waals surface area contributed by atoms with Crippen molar-refractivity contribution in [3.05, 3.63) is 37.0 Å². The maximum Gasteiger partial charge on any atom is 0.432 e. The lowest BCUT2D eigenvalue weighted by molar-refractivity contribution is -0.245. The van der Waals surface area contributed by atoms with Crippen molar-refractivity contribution in [2.45, 2.75) is 11.8 Å². The van der Waals surface area contributed by atoms with Gasteiger partial charge in [-0.1, -0.05) is 31.4 Å². The number of allylic oxidation sites excluding steroid dienone is 2. The van der Waals surface area contributed by atoms with Crippen LogP contribution in [0.1, 0.15) is 0 Å². The number of carbonyl (C=O) groups is 1.